The minimum absolute atomic E-state index is 0.00303. The third-order valence-electron chi connectivity index (χ3n) is 4.20. The van der Waals surface area contributed by atoms with Crippen molar-refractivity contribution in [2.24, 2.45) is 5.41 Å². The molecule has 1 fully saturated rings. The third kappa shape index (κ3) is 3.85. The van der Waals surface area contributed by atoms with Gasteiger partial charge in [0.2, 0.25) is 5.91 Å². The van der Waals surface area contributed by atoms with Crippen LogP contribution in [0.3, 0.4) is 0 Å². The van der Waals surface area contributed by atoms with Crippen LogP contribution in [0.15, 0.2) is 18.2 Å². The molecule has 1 aromatic carbocycles. The highest BCUT2D eigenvalue weighted by molar-refractivity contribution is 5.81. The fourth-order valence-electron chi connectivity index (χ4n) is 2.85. The molecule has 1 N–H and O–H groups in total. The van der Waals surface area contributed by atoms with Crippen LogP contribution in [0.1, 0.15) is 18.4 Å². The molecule has 1 aliphatic heterocycles. The van der Waals surface area contributed by atoms with Gasteiger partial charge in [-0.05, 0) is 36.6 Å². The van der Waals surface area contributed by atoms with Crippen LogP contribution >= 0.6 is 0 Å². The minimum Gasteiger partial charge on any atom is -0.481 e. The number of ether oxygens (including phenoxy) is 1. The Bertz CT molecular complexity index is 608. The van der Waals surface area contributed by atoms with E-state index in [9.17, 15) is 23.5 Å². The van der Waals surface area contributed by atoms with E-state index in [1.807, 2.05) is 0 Å². The number of aliphatic carboxylic acids is 1. The Balaban J connectivity index is 1.97. The Kier molecular flexibility index (Phi) is 5.30. The van der Waals surface area contributed by atoms with E-state index in [2.05, 4.69) is 0 Å². The smallest absolute Gasteiger partial charge is 0.313 e. The molecule has 0 radical (unpaired) electrons. The number of carboxylic acid groups (broad SMARTS) is 1. The topological polar surface area (TPSA) is 66.8 Å². The SMILES string of the molecule is COCC1(C(=O)O)CCN(C(=O)CCc2cc(F)ccc2F)C1. The van der Waals surface area contributed by atoms with Crippen molar-refractivity contribution in [1.82, 2.24) is 4.90 Å². The van der Waals surface area contributed by atoms with E-state index in [0.29, 0.717) is 13.0 Å². The summed E-state index contributed by atoms with van der Waals surface area (Å²) >= 11 is 0. The fourth-order valence-corrected chi connectivity index (χ4v) is 2.85. The normalized spacial score (nSPS) is 20.7. The molecular weight excluding hydrogens is 308 g/mol. The van der Waals surface area contributed by atoms with Gasteiger partial charge in [-0.1, -0.05) is 0 Å². The van der Waals surface area contributed by atoms with Crippen molar-refractivity contribution in [1.29, 1.82) is 0 Å². The van der Waals surface area contributed by atoms with E-state index in [1.165, 1.54) is 12.0 Å². The Morgan fingerprint density at radius 2 is 2.13 bits per heavy atom. The van der Waals surface area contributed by atoms with E-state index in [1.54, 1.807) is 0 Å². The molecule has 1 heterocycles. The first kappa shape index (κ1) is 17.3. The average Bonchev–Trinajstić information content (AvgIpc) is 2.94. The van der Waals surface area contributed by atoms with Crippen molar-refractivity contribution in [3.63, 3.8) is 0 Å². The number of halogens is 2. The summed E-state index contributed by atoms with van der Waals surface area (Å²) in [4.78, 5) is 25.1. The van der Waals surface area contributed by atoms with Crippen molar-refractivity contribution < 1.29 is 28.2 Å². The lowest BCUT2D eigenvalue weighted by Crippen LogP contribution is -2.40. The molecule has 126 valence electrons. The van der Waals surface area contributed by atoms with Crippen LogP contribution < -0.4 is 0 Å². The van der Waals surface area contributed by atoms with Gasteiger partial charge in [0.1, 0.15) is 17.0 Å². The minimum atomic E-state index is -1.09. The number of likely N-dealkylation sites (tertiary alicyclic amines) is 1. The van der Waals surface area contributed by atoms with Gasteiger partial charge in [0.05, 0.1) is 6.61 Å². The van der Waals surface area contributed by atoms with Gasteiger partial charge in [0.15, 0.2) is 0 Å². The molecule has 1 amide bonds. The summed E-state index contributed by atoms with van der Waals surface area (Å²) in [7, 11) is 1.42. The van der Waals surface area contributed by atoms with E-state index < -0.39 is 23.0 Å². The molecular formula is C16H19F2NO4. The Labute approximate surface area is 132 Å². The number of carbonyl (C=O) groups excluding carboxylic acids is 1. The first-order chi connectivity index (χ1) is 10.9. The van der Waals surface area contributed by atoms with Crippen molar-refractivity contribution >= 4 is 11.9 Å². The second-order valence-electron chi connectivity index (χ2n) is 5.82. The summed E-state index contributed by atoms with van der Waals surface area (Å²) in [6.45, 7) is 0.422. The summed E-state index contributed by atoms with van der Waals surface area (Å²) in [6, 6.07) is 3.12. The highest BCUT2D eigenvalue weighted by Crippen LogP contribution is 2.31. The zero-order valence-electron chi connectivity index (χ0n) is 12.8. The van der Waals surface area contributed by atoms with Crippen LogP contribution in [-0.2, 0) is 20.7 Å². The second kappa shape index (κ2) is 7.04. The first-order valence-electron chi connectivity index (χ1n) is 7.32. The summed E-state index contributed by atoms with van der Waals surface area (Å²) in [6.07, 6.45) is 0.391. The number of nitrogens with zero attached hydrogens (tertiary/aromatic N) is 1. The Morgan fingerprint density at radius 1 is 1.39 bits per heavy atom. The first-order valence-corrected chi connectivity index (χ1v) is 7.32. The average molecular weight is 327 g/mol. The molecule has 1 atom stereocenters. The molecule has 1 aromatic rings. The summed E-state index contributed by atoms with van der Waals surface area (Å²) in [5.41, 5.74) is -0.951. The van der Waals surface area contributed by atoms with Gasteiger partial charge in [-0.3, -0.25) is 9.59 Å². The molecule has 1 saturated heterocycles. The van der Waals surface area contributed by atoms with Gasteiger partial charge >= 0.3 is 5.97 Å². The summed E-state index contributed by atoms with van der Waals surface area (Å²) < 4.78 is 31.6. The number of hydrogen-bond acceptors (Lipinski definition) is 3. The molecule has 1 unspecified atom stereocenters. The number of methoxy groups -OCH3 is 1. The van der Waals surface area contributed by atoms with Crippen LogP contribution in [0, 0.1) is 17.0 Å². The fraction of sp³-hybridized carbons (Fsp3) is 0.500. The maximum Gasteiger partial charge on any atom is 0.313 e. The van der Waals surface area contributed by atoms with Crippen molar-refractivity contribution in [2.75, 3.05) is 26.8 Å². The lowest BCUT2D eigenvalue weighted by molar-refractivity contribution is -0.151. The lowest BCUT2D eigenvalue weighted by Gasteiger charge is -2.23. The summed E-state index contributed by atoms with van der Waals surface area (Å²) in [5, 5.41) is 9.36. The number of rotatable bonds is 6. The highest BCUT2D eigenvalue weighted by atomic mass is 19.1. The number of carboxylic acids is 1. The molecule has 23 heavy (non-hydrogen) atoms. The van der Waals surface area contributed by atoms with Crippen LogP contribution in [-0.4, -0.2) is 48.7 Å². The predicted molar refractivity (Wildman–Crippen MR) is 77.8 cm³/mol. The highest BCUT2D eigenvalue weighted by Gasteiger charge is 2.46. The van der Waals surface area contributed by atoms with Crippen LogP contribution in [0.5, 0.6) is 0 Å². The lowest BCUT2D eigenvalue weighted by atomic mass is 9.88. The van der Waals surface area contributed by atoms with Gasteiger partial charge in [0.25, 0.3) is 0 Å². The number of carbonyl (C=O) groups is 2. The van der Waals surface area contributed by atoms with Crippen LogP contribution in [0.2, 0.25) is 0 Å². The van der Waals surface area contributed by atoms with E-state index in [-0.39, 0.29) is 37.5 Å². The second-order valence-corrected chi connectivity index (χ2v) is 5.82. The Hall–Kier alpha value is -2.02. The van der Waals surface area contributed by atoms with Crippen molar-refractivity contribution in [3.05, 3.63) is 35.4 Å². The largest absolute Gasteiger partial charge is 0.481 e. The quantitative estimate of drug-likeness (QED) is 0.866. The van der Waals surface area contributed by atoms with Gasteiger partial charge in [0, 0.05) is 26.6 Å². The maximum absolute atomic E-state index is 13.5. The standard InChI is InChI=1S/C16H19F2NO4/c1-23-10-16(15(21)22)6-7-19(9-16)14(20)5-2-11-8-12(17)3-4-13(11)18/h3-4,8H,2,5-7,9-10H2,1H3,(H,21,22). The van der Waals surface area contributed by atoms with Crippen molar-refractivity contribution in [3.8, 4) is 0 Å². The number of hydrogen-bond donors (Lipinski definition) is 1. The molecule has 0 bridgehead atoms. The van der Waals surface area contributed by atoms with Gasteiger partial charge in [-0.25, -0.2) is 8.78 Å². The van der Waals surface area contributed by atoms with E-state index in [0.717, 1.165) is 18.2 Å². The molecule has 0 spiro atoms. The monoisotopic (exact) mass is 327 g/mol. The zero-order valence-corrected chi connectivity index (χ0v) is 12.8. The maximum atomic E-state index is 13.5. The van der Waals surface area contributed by atoms with E-state index >= 15 is 0 Å². The predicted octanol–water partition coefficient (Wildman–Crippen LogP) is 1.85. The van der Waals surface area contributed by atoms with Gasteiger partial charge in [-0.2, -0.15) is 0 Å². The molecule has 7 heteroatoms. The van der Waals surface area contributed by atoms with Gasteiger partial charge in [-0.15, -0.1) is 0 Å². The molecule has 5 nitrogen and oxygen atoms in total. The molecule has 0 aliphatic carbocycles. The van der Waals surface area contributed by atoms with Gasteiger partial charge < -0.3 is 14.7 Å². The molecule has 0 aromatic heterocycles. The van der Waals surface area contributed by atoms with E-state index in [4.69, 9.17) is 4.74 Å². The van der Waals surface area contributed by atoms with Crippen LogP contribution in [0.4, 0.5) is 8.78 Å². The molecule has 0 saturated carbocycles. The number of aryl methyl sites for hydroxylation is 1. The number of benzene rings is 1. The molecule has 2 rings (SSSR count). The van der Waals surface area contributed by atoms with Crippen LogP contribution in [0.25, 0.3) is 0 Å². The number of amides is 1. The Morgan fingerprint density at radius 3 is 2.78 bits per heavy atom. The third-order valence-corrected chi connectivity index (χ3v) is 4.20. The summed E-state index contributed by atoms with van der Waals surface area (Å²) in [5.74, 6) is -2.38. The zero-order chi connectivity index (χ0) is 17.0. The molecule has 1 aliphatic rings. The van der Waals surface area contributed by atoms with Crippen molar-refractivity contribution in [2.45, 2.75) is 19.3 Å².